The van der Waals surface area contributed by atoms with Crippen molar-refractivity contribution in [3.63, 3.8) is 0 Å². The molecule has 2 heterocycles. The first-order chi connectivity index (χ1) is 12.2. The van der Waals surface area contributed by atoms with Crippen molar-refractivity contribution in [3.05, 3.63) is 47.1 Å². The van der Waals surface area contributed by atoms with E-state index in [1.807, 2.05) is 11.8 Å². The summed E-state index contributed by atoms with van der Waals surface area (Å²) in [5.41, 5.74) is 2.56. The van der Waals surface area contributed by atoms with Crippen LogP contribution in [0.3, 0.4) is 0 Å². The van der Waals surface area contributed by atoms with Crippen molar-refractivity contribution in [1.29, 1.82) is 0 Å². The van der Waals surface area contributed by atoms with Gasteiger partial charge in [-0.3, -0.25) is 4.79 Å². The van der Waals surface area contributed by atoms with Gasteiger partial charge < -0.3 is 9.42 Å². The first-order valence-electron chi connectivity index (χ1n) is 9.33. The molecule has 0 bridgehead atoms. The predicted octanol–water partition coefficient (Wildman–Crippen LogP) is 3.45. The molecule has 1 aromatic heterocycles. The van der Waals surface area contributed by atoms with E-state index in [0.29, 0.717) is 17.7 Å². The number of carbonyl (C=O) groups excluding carboxylic acids is 1. The number of hydrogen-bond acceptors (Lipinski definition) is 4. The van der Waals surface area contributed by atoms with Crippen LogP contribution in [0.15, 0.2) is 28.8 Å². The van der Waals surface area contributed by atoms with E-state index < -0.39 is 0 Å². The standard InChI is InChI=1S/C20H25N3O2/c1-3-18-21-19(22-25-18)15-8-5-9-23(12-15)20(24)17-11-16(17)14-7-4-6-13(2)10-14/h4,6-7,10,15-17H,3,5,8-9,11-12H2,1-2H3/t15-,16+,17+/m1/s1. The third-order valence-corrected chi connectivity index (χ3v) is 5.46. The van der Waals surface area contributed by atoms with Crippen LogP contribution in [0.5, 0.6) is 0 Å². The lowest BCUT2D eigenvalue weighted by atomic mass is 9.96. The van der Waals surface area contributed by atoms with Crippen LogP contribution in [0.2, 0.25) is 0 Å². The molecule has 1 saturated heterocycles. The Kier molecular flexibility index (Phi) is 4.32. The molecule has 1 aliphatic carbocycles. The number of benzene rings is 1. The van der Waals surface area contributed by atoms with Crippen molar-refractivity contribution in [2.45, 2.75) is 51.4 Å². The molecule has 1 aliphatic heterocycles. The van der Waals surface area contributed by atoms with Gasteiger partial charge >= 0.3 is 0 Å². The van der Waals surface area contributed by atoms with Gasteiger partial charge in [0.15, 0.2) is 5.82 Å². The Bertz CT molecular complexity index is 770. The highest BCUT2D eigenvalue weighted by molar-refractivity contribution is 5.83. The lowest BCUT2D eigenvalue weighted by molar-refractivity contribution is -0.133. The maximum atomic E-state index is 12.9. The molecule has 2 aliphatic rings. The summed E-state index contributed by atoms with van der Waals surface area (Å²) in [6, 6.07) is 8.55. The van der Waals surface area contributed by atoms with E-state index in [2.05, 4.69) is 41.3 Å². The molecule has 0 unspecified atom stereocenters. The van der Waals surface area contributed by atoms with Crippen molar-refractivity contribution in [1.82, 2.24) is 15.0 Å². The minimum atomic E-state index is 0.150. The Balaban J connectivity index is 1.41. The maximum Gasteiger partial charge on any atom is 0.226 e. The number of amides is 1. The summed E-state index contributed by atoms with van der Waals surface area (Å²) in [7, 11) is 0. The number of carbonyl (C=O) groups is 1. The number of likely N-dealkylation sites (tertiary alicyclic amines) is 1. The molecule has 4 rings (SSSR count). The van der Waals surface area contributed by atoms with Crippen LogP contribution in [-0.2, 0) is 11.2 Å². The second kappa shape index (κ2) is 6.62. The van der Waals surface area contributed by atoms with E-state index >= 15 is 0 Å². The third-order valence-electron chi connectivity index (χ3n) is 5.46. The summed E-state index contributed by atoms with van der Waals surface area (Å²) < 4.78 is 5.24. The second-order valence-corrected chi connectivity index (χ2v) is 7.39. The van der Waals surface area contributed by atoms with Crippen molar-refractivity contribution >= 4 is 5.91 Å². The van der Waals surface area contributed by atoms with Gasteiger partial charge in [0.1, 0.15) is 0 Å². The molecule has 132 valence electrons. The molecule has 1 saturated carbocycles. The lowest BCUT2D eigenvalue weighted by Crippen LogP contribution is -2.40. The smallest absolute Gasteiger partial charge is 0.226 e. The van der Waals surface area contributed by atoms with Crippen molar-refractivity contribution in [3.8, 4) is 0 Å². The third kappa shape index (κ3) is 3.32. The quantitative estimate of drug-likeness (QED) is 0.856. The zero-order chi connectivity index (χ0) is 17.4. The molecule has 3 atom stereocenters. The Hall–Kier alpha value is -2.17. The number of piperidine rings is 1. The van der Waals surface area contributed by atoms with Gasteiger partial charge in [-0.05, 0) is 37.7 Å². The summed E-state index contributed by atoms with van der Waals surface area (Å²) >= 11 is 0. The monoisotopic (exact) mass is 339 g/mol. The Morgan fingerprint density at radius 3 is 3.04 bits per heavy atom. The summed E-state index contributed by atoms with van der Waals surface area (Å²) in [5, 5.41) is 4.11. The Labute approximate surface area is 148 Å². The van der Waals surface area contributed by atoms with Crippen LogP contribution in [0.25, 0.3) is 0 Å². The average molecular weight is 339 g/mol. The zero-order valence-corrected chi connectivity index (χ0v) is 14.9. The fourth-order valence-corrected chi connectivity index (χ4v) is 3.94. The highest BCUT2D eigenvalue weighted by atomic mass is 16.5. The largest absolute Gasteiger partial charge is 0.342 e. The van der Waals surface area contributed by atoms with E-state index in [9.17, 15) is 4.79 Å². The van der Waals surface area contributed by atoms with E-state index in [-0.39, 0.29) is 11.8 Å². The van der Waals surface area contributed by atoms with Crippen LogP contribution in [-0.4, -0.2) is 34.0 Å². The molecule has 2 aromatic rings. The first kappa shape index (κ1) is 16.3. The van der Waals surface area contributed by atoms with Crippen LogP contribution in [0.1, 0.15) is 60.9 Å². The lowest BCUT2D eigenvalue weighted by Gasteiger charge is -2.31. The fourth-order valence-electron chi connectivity index (χ4n) is 3.94. The minimum absolute atomic E-state index is 0.150. The molecule has 5 nitrogen and oxygen atoms in total. The number of rotatable bonds is 4. The van der Waals surface area contributed by atoms with Gasteiger partial charge in [0.05, 0.1) is 0 Å². The molecule has 0 N–H and O–H groups in total. The number of aromatic nitrogens is 2. The van der Waals surface area contributed by atoms with Crippen molar-refractivity contribution in [2.75, 3.05) is 13.1 Å². The highest BCUT2D eigenvalue weighted by Crippen LogP contribution is 2.49. The molecule has 1 aromatic carbocycles. The molecular weight excluding hydrogens is 314 g/mol. The van der Waals surface area contributed by atoms with E-state index in [1.165, 1.54) is 11.1 Å². The molecule has 2 fully saturated rings. The fraction of sp³-hybridized carbons (Fsp3) is 0.550. The zero-order valence-electron chi connectivity index (χ0n) is 14.9. The number of hydrogen-bond donors (Lipinski definition) is 0. The molecule has 5 heteroatoms. The van der Waals surface area contributed by atoms with E-state index in [4.69, 9.17) is 4.52 Å². The number of aryl methyl sites for hydroxylation is 2. The topological polar surface area (TPSA) is 59.2 Å². The summed E-state index contributed by atoms with van der Waals surface area (Å²) in [6.07, 6.45) is 3.76. The summed E-state index contributed by atoms with van der Waals surface area (Å²) in [5.74, 6) is 2.50. The summed E-state index contributed by atoms with van der Waals surface area (Å²) in [6.45, 7) is 5.68. The van der Waals surface area contributed by atoms with Gasteiger partial charge in [-0.25, -0.2) is 0 Å². The van der Waals surface area contributed by atoms with Gasteiger partial charge in [0.2, 0.25) is 11.8 Å². The Morgan fingerprint density at radius 1 is 1.40 bits per heavy atom. The first-order valence-corrected chi connectivity index (χ1v) is 9.33. The SMILES string of the molecule is CCc1nc([C@@H]2CCCN(C(=O)[C@H]3C[C@H]3c3cccc(C)c3)C2)no1. The highest BCUT2D eigenvalue weighted by Gasteiger charge is 2.46. The predicted molar refractivity (Wildman–Crippen MR) is 94.3 cm³/mol. The van der Waals surface area contributed by atoms with Crippen LogP contribution >= 0.6 is 0 Å². The number of nitrogens with zero attached hydrogens (tertiary/aromatic N) is 3. The molecule has 0 spiro atoms. The molecular formula is C20H25N3O2. The van der Waals surface area contributed by atoms with Gasteiger partial charge in [0.25, 0.3) is 0 Å². The molecule has 1 amide bonds. The van der Waals surface area contributed by atoms with Gasteiger partial charge in [-0.15, -0.1) is 0 Å². The van der Waals surface area contributed by atoms with Gasteiger partial charge in [-0.1, -0.05) is 41.9 Å². The van der Waals surface area contributed by atoms with Crippen LogP contribution in [0, 0.1) is 12.8 Å². The Morgan fingerprint density at radius 2 is 2.28 bits per heavy atom. The maximum absolute atomic E-state index is 12.9. The normalized spacial score (nSPS) is 25.8. The van der Waals surface area contributed by atoms with Crippen LogP contribution in [0.4, 0.5) is 0 Å². The minimum Gasteiger partial charge on any atom is -0.342 e. The van der Waals surface area contributed by atoms with E-state index in [0.717, 1.165) is 44.6 Å². The van der Waals surface area contributed by atoms with Crippen LogP contribution < -0.4 is 0 Å². The van der Waals surface area contributed by atoms with Gasteiger partial charge in [0, 0.05) is 31.3 Å². The van der Waals surface area contributed by atoms with Gasteiger partial charge in [-0.2, -0.15) is 4.98 Å². The van der Waals surface area contributed by atoms with Crippen molar-refractivity contribution in [2.24, 2.45) is 5.92 Å². The van der Waals surface area contributed by atoms with Crippen molar-refractivity contribution < 1.29 is 9.32 Å². The second-order valence-electron chi connectivity index (χ2n) is 7.39. The van der Waals surface area contributed by atoms with E-state index in [1.54, 1.807) is 0 Å². The molecule has 25 heavy (non-hydrogen) atoms. The molecule has 0 radical (unpaired) electrons. The average Bonchev–Trinajstić information content (AvgIpc) is 3.30. The summed E-state index contributed by atoms with van der Waals surface area (Å²) in [4.78, 5) is 19.4.